The number of nitrogens with zero attached hydrogens (tertiary/aromatic N) is 3. The predicted molar refractivity (Wildman–Crippen MR) is 123 cm³/mol. The van der Waals surface area contributed by atoms with Crippen LogP contribution in [0.1, 0.15) is 18.5 Å². The van der Waals surface area contributed by atoms with Crippen LogP contribution in [0.15, 0.2) is 90.1 Å². The molecule has 1 amide bonds. The number of aromatic hydroxyl groups is 1. The second-order valence-corrected chi connectivity index (χ2v) is 7.66. The molecule has 33 heavy (non-hydrogen) atoms. The average molecular weight is 441 g/mol. The van der Waals surface area contributed by atoms with Crippen molar-refractivity contribution in [3.8, 4) is 17.1 Å². The fourth-order valence-corrected chi connectivity index (χ4v) is 3.88. The van der Waals surface area contributed by atoms with Gasteiger partial charge in [0.25, 0.3) is 5.91 Å². The monoisotopic (exact) mass is 441 g/mol. The molecule has 0 saturated heterocycles. The van der Waals surface area contributed by atoms with Gasteiger partial charge in [0.05, 0.1) is 5.57 Å². The summed E-state index contributed by atoms with van der Waals surface area (Å²) >= 11 is 0. The molecule has 4 aromatic rings. The third-order valence-electron chi connectivity index (χ3n) is 5.45. The van der Waals surface area contributed by atoms with Gasteiger partial charge in [-0.2, -0.15) is 4.98 Å². The summed E-state index contributed by atoms with van der Waals surface area (Å²) in [4.78, 5) is 17.9. The molecule has 3 N–H and O–H groups in total. The van der Waals surface area contributed by atoms with Crippen molar-refractivity contribution in [2.24, 2.45) is 0 Å². The molecule has 1 aliphatic rings. The number of allylic oxidation sites excluding steroid dienone is 1. The number of nitrogens with one attached hydrogen (secondary N) is 2. The van der Waals surface area contributed by atoms with Crippen LogP contribution >= 0.6 is 0 Å². The molecule has 1 aromatic heterocycles. The van der Waals surface area contributed by atoms with E-state index in [2.05, 4.69) is 20.7 Å². The van der Waals surface area contributed by atoms with Crippen molar-refractivity contribution in [3.63, 3.8) is 0 Å². The van der Waals surface area contributed by atoms with Gasteiger partial charge < -0.3 is 15.7 Å². The average Bonchev–Trinajstić information content (AvgIpc) is 3.23. The van der Waals surface area contributed by atoms with Crippen molar-refractivity contribution < 1.29 is 14.3 Å². The van der Waals surface area contributed by atoms with E-state index in [0.717, 1.165) is 0 Å². The van der Waals surface area contributed by atoms with Crippen LogP contribution < -0.4 is 10.6 Å². The van der Waals surface area contributed by atoms with Gasteiger partial charge >= 0.3 is 0 Å². The highest BCUT2D eigenvalue weighted by Crippen LogP contribution is 2.37. The predicted octanol–water partition coefficient (Wildman–Crippen LogP) is 4.72. The molecule has 8 heteroatoms. The Hall–Kier alpha value is -4.46. The molecule has 164 valence electrons. The number of phenolic OH excluding ortho intramolecular Hbond substituents is 1. The van der Waals surface area contributed by atoms with Gasteiger partial charge in [-0.25, -0.2) is 9.07 Å². The maximum Gasteiger partial charge on any atom is 0.255 e. The summed E-state index contributed by atoms with van der Waals surface area (Å²) in [5, 5.41) is 20.2. The third-order valence-corrected chi connectivity index (χ3v) is 5.45. The summed E-state index contributed by atoms with van der Waals surface area (Å²) < 4.78 is 16.5. The van der Waals surface area contributed by atoms with E-state index < -0.39 is 11.9 Å². The number of phenols is 1. The van der Waals surface area contributed by atoms with E-state index >= 15 is 0 Å². The van der Waals surface area contributed by atoms with Crippen molar-refractivity contribution in [2.45, 2.75) is 13.0 Å². The van der Waals surface area contributed by atoms with E-state index in [4.69, 9.17) is 0 Å². The lowest BCUT2D eigenvalue weighted by Gasteiger charge is -2.28. The van der Waals surface area contributed by atoms with E-state index in [1.54, 1.807) is 61.5 Å². The molecule has 0 aliphatic carbocycles. The number of hydrogen-bond donors (Lipinski definition) is 3. The van der Waals surface area contributed by atoms with E-state index in [-0.39, 0.29) is 11.7 Å². The quantitative estimate of drug-likeness (QED) is 0.426. The number of para-hydroxylation sites is 1. The Labute approximate surface area is 189 Å². The summed E-state index contributed by atoms with van der Waals surface area (Å²) in [5.74, 6) is 0.0838. The summed E-state index contributed by atoms with van der Waals surface area (Å²) in [6.45, 7) is 1.76. The van der Waals surface area contributed by atoms with E-state index in [0.29, 0.717) is 39.9 Å². The fraction of sp³-hybridized carbons (Fsp3) is 0.0800. The number of rotatable bonds is 4. The highest BCUT2D eigenvalue weighted by molar-refractivity contribution is 6.06. The lowest BCUT2D eigenvalue weighted by atomic mass is 9.94. The van der Waals surface area contributed by atoms with Crippen molar-refractivity contribution in [2.75, 3.05) is 10.6 Å². The Morgan fingerprint density at radius 1 is 1.03 bits per heavy atom. The lowest BCUT2D eigenvalue weighted by molar-refractivity contribution is -0.113. The maximum absolute atomic E-state index is 15.0. The number of halogens is 1. The number of aromatic nitrogens is 3. The molecule has 0 bridgehead atoms. The Kier molecular flexibility index (Phi) is 5.10. The van der Waals surface area contributed by atoms with Crippen molar-refractivity contribution in [1.82, 2.24) is 14.8 Å². The molecule has 1 aliphatic heterocycles. The molecule has 0 spiro atoms. The minimum Gasteiger partial charge on any atom is -0.508 e. The van der Waals surface area contributed by atoms with Gasteiger partial charge in [0, 0.05) is 22.5 Å². The number of anilines is 2. The van der Waals surface area contributed by atoms with Gasteiger partial charge in [-0.15, -0.1) is 5.10 Å². The minimum absolute atomic E-state index is 0.127. The molecule has 7 nitrogen and oxygen atoms in total. The number of benzene rings is 3. The zero-order chi connectivity index (χ0) is 22.9. The number of carbonyl (C=O) groups excluding carboxylic acids is 1. The fourth-order valence-electron chi connectivity index (χ4n) is 3.88. The van der Waals surface area contributed by atoms with Gasteiger partial charge in [0.1, 0.15) is 17.6 Å². The molecular formula is C25H20FN5O2. The number of carbonyl (C=O) groups is 1. The van der Waals surface area contributed by atoms with Gasteiger partial charge in [0.2, 0.25) is 5.95 Å². The Balaban J connectivity index is 1.62. The molecule has 3 aromatic carbocycles. The first-order valence-corrected chi connectivity index (χ1v) is 10.4. The summed E-state index contributed by atoms with van der Waals surface area (Å²) in [5.41, 5.74) is 2.49. The molecule has 0 saturated carbocycles. The zero-order valence-electron chi connectivity index (χ0n) is 17.7. The highest BCUT2D eigenvalue weighted by Gasteiger charge is 2.35. The minimum atomic E-state index is -0.829. The van der Waals surface area contributed by atoms with Crippen molar-refractivity contribution in [1.29, 1.82) is 0 Å². The first-order chi connectivity index (χ1) is 16.0. The van der Waals surface area contributed by atoms with E-state index in [1.165, 1.54) is 10.7 Å². The highest BCUT2D eigenvalue weighted by atomic mass is 19.1. The van der Waals surface area contributed by atoms with Crippen LogP contribution in [0.3, 0.4) is 0 Å². The standard InChI is InChI=1S/C25H20FN5O2/c1-15-21(24(33)28-17-7-3-2-4-8-17)22(19-9-5-6-10-20(19)26)31-25(27-15)29-23(30-31)16-11-13-18(32)14-12-16/h2-14,22,32H,1H3,(H,28,33)(H,27,29,30). The largest absolute Gasteiger partial charge is 0.508 e. The molecule has 1 atom stereocenters. The molecule has 0 fully saturated rings. The van der Waals surface area contributed by atoms with Crippen LogP contribution in [0.25, 0.3) is 11.4 Å². The summed E-state index contributed by atoms with van der Waals surface area (Å²) in [6.07, 6.45) is 0. The summed E-state index contributed by atoms with van der Waals surface area (Å²) in [7, 11) is 0. The van der Waals surface area contributed by atoms with Gasteiger partial charge in [0.15, 0.2) is 5.82 Å². The first-order valence-electron chi connectivity index (χ1n) is 10.4. The van der Waals surface area contributed by atoms with Crippen molar-refractivity contribution >= 4 is 17.5 Å². The second-order valence-electron chi connectivity index (χ2n) is 7.66. The number of hydrogen-bond acceptors (Lipinski definition) is 5. The van der Waals surface area contributed by atoms with Crippen molar-refractivity contribution in [3.05, 3.63) is 102 Å². The molecule has 5 rings (SSSR count). The maximum atomic E-state index is 15.0. The number of amides is 1. The zero-order valence-corrected chi connectivity index (χ0v) is 17.7. The van der Waals surface area contributed by atoms with Crippen LogP contribution in [-0.4, -0.2) is 25.8 Å². The van der Waals surface area contributed by atoms with Gasteiger partial charge in [-0.1, -0.05) is 36.4 Å². The number of fused-ring (bicyclic) bond motifs is 1. The molecule has 1 unspecified atom stereocenters. The third kappa shape index (κ3) is 3.82. The second kappa shape index (κ2) is 8.23. The van der Waals surface area contributed by atoms with Crippen LogP contribution in [0, 0.1) is 5.82 Å². The van der Waals surface area contributed by atoms with Crippen LogP contribution in [0.5, 0.6) is 5.75 Å². The van der Waals surface area contributed by atoms with Crippen LogP contribution in [-0.2, 0) is 4.79 Å². The smallest absolute Gasteiger partial charge is 0.255 e. The van der Waals surface area contributed by atoms with Crippen LogP contribution in [0.4, 0.5) is 16.0 Å². The Bertz CT molecular complexity index is 1360. The molecule has 0 radical (unpaired) electrons. The summed E-state index contributed by atoms with van der Waals surface area (Å²) in [6, 6.07) is 21.0. The molecular weight excluding hydrogens is 421 g/mol. The van der Waals surface area contributed by atoms with Gasteiger partial charge in [-0.3, -0.25) is 4.79 Å². The normalized spacial score (nSPS) is 15.0. The van der Waals surface area contributed by atoms with Crippen LogP contribution in [0.2, 0.25) is 0 Å². The SMILES string of the molecule is CC1=C(C(=O)Nc2ccccc2)C(c2ccccc2F)n2nc(-c3ccc(O)cc3)nc2N1. The molecule has 2 heterocycles. The topological polar surface area (TPSA) is 92.1 Å². The van der Waals surface area contributed by atoms with E-state index in [1.807, 2.05) is 18.2 Å². The first kappa shape index (κ1) is 20.4. The Morgan fingerprint density at radius 2 is 1.73 bits per heavy atom. The Morgan fingerprint density at radius 3 is 2.45 bits per heavy atom. The lowest BCUT2D eigenvalue weighted by Crippen LogP contribution is -2.32. The van der Waals surface area contributed by atoms with Gasteiger partial charge in [-0.05, 0) is 49.4 Å². The van der Waals surface area contributed by atoms with E-state index in [9.17, 15) is 14.3 Å².